The average Bonchev–Trinajstić information content (AvgIpc) is 2.90. The van der Waals surface area contributed by atoms with Crippen molar-refractivity contribution in [1.82, 2.24) is 0 Å². The second kappa shape index (κ2) is 9.13. The van der Waals surface area contributed by atoms with E-state index in [0.717, 1.165) is 62.5 Å². The Balaban J connectivity index is 1.77. The fourth-order valence-corrected chi connectivity index (χ4v) is 6.76. The lowest BCUT2D eigenvalue weighted by atomic mass is 9.61. The molecule has 2 fully saturated rings. The maximum Gasteiger partial charge on any atom is 0.277 e. The number of hydrogen-bond donors (Lipinski definition) is 0. The predicted molar refractivity (Wildman–Crippen MR) is 134 cm³/mol. The van der Waals surface area contributed by atoms with E-state index in [2.05, 4.69) is 66.7 Å². The highest BCUT2D eigenvalue weighted by Crippen LogP contribution is 2.53. The van der Waals surface area contributed by atoms with Crippen LogP contribution in [0.25, 0.3) is 0 Å². The Labute approximate surface area is 197 Å². The summed E-state index contributed by atoms with van der Waals surface area (Å²) in [5.74, 6) is 0. The van der Waals surface area contributed by atoms with Gasteiger partial charge in [0, 0.05) is 22.0 Å². The minimum absolute atomic E-state index is 0.0662. The Morgan fingerprint density at radius 3 is 1.30 bits per heavy atom. The van der Waals surface area contributed by atoms with Crippen LogP contribution in [0.4, 0.5) is 5.69 Å². The first kappa shape index (κ1) is 21.9. The van der Waals surface area contributed by atoms with Crippen LogP contribution in [0.1, 0.15) is 86.5 Å². The van der Waals surface area contributed by atoms with Gasteiger partial charge in [0.15, 0.2) is 0 Å². The van der Waals surface area contributed by atoms with Crippen molar-refractivity contribution < 1.29 is 4.92 Å². The molecule has 2 aliphatic carbocycles. The number of nitro groups is 1. The Morgan fingerprint density at radius 1 is 0.545 bits per heavy atom. The van der Waals surface area contributed by atoms with Gasteiger partial charge in [-0.3, -0.25) is 10.1 Å². The number of para-hydroxylation sites is 1. The molecule has 5 rings (SSSR count). The molecule has 170 valence electrons. The zero-order valence-corrected chi connectivity index (χ0v) is 19.3. The van der Waals surface area contributed by atoms with Crippen molar-refractivity contribution in [2.24, 2.45) is 0 Å². The van der Waals surface area contributed by atoms with Gasteiger partial charge < -0.3 is 0 Å². The van der Waals surface area contributed by atoms with Gasteiger partial charge in [0.2, 0.25) is 0 Å². The molecule has 2 aliphatic rings. The SMILES string of the molecule is O=[N+]([O-])c1c(C2(c3ccccc3)CCCCC2)cccc1C1(c2ccccc2)CCCCC1. The lowest BCUT2D eigenvalue weighted by Crippen LogP contribution is -2.35. The Morgan fingerprint density at radius 2 is 0.939 bits per heavy atom. The summed E-state index contributed by atoms with van der Waals surface area (Å²) in [6.07, 6.45) is 10.7. The number of nitrogens with zero attached hydrogens (tertiary/aromatic N) is 1. The molecule has 0 N–H and O–H groups in total. The predicted octanol–water partition coefficient (Wildman–Crippen LogP) is 8.10. The molecule has 0 saturated heterocycles. The first-order valence-corrected chi connectivity index (χ1v) is 12.6. The molecule has 3 aromatic rings. The fraction of sp³-hybridized carbons (Fsp3) is 0.400. The van der Waals surface area contributed by atoms with E-state index >= 15 is 0 Å². The van der Waals surface area contributed by atoms with Gasteiger partial charge in [-0.05, 0) is 36.8 Å². The van der Waals surface area contributed by atoms with Gasteiger partial charge >= 0.3 is 0 Å². The Hall–Kier alpha value is -2.94. The monoisotopic (exact) mass is 439 g/mol. The van der Waals surface area contributed by atoms with Crippen molar-refractivity contribution in [2.75, 3.05) is 0 Å². The van der Waals surface area contributed by atoms with E-state index in [0.29, 0.717) is 5.69 Å². The summed E-state index contributed by atoms with van der Waals surface area (Å²) >= 11 is 0. The Kier molecular flexibility index (Phi) is 6.05. The molecule has 3 nitrogen and oxygen atoms in total. The van der Waals surface area contributed by atoms with E-state index < -0.39 is 0 Å². The third-order valence-electron chi connectivity index (χ3n) is 8.32. The molecule has 2 saturated carbocycles. The van der Waals surface area contributed by atoms with Crippen LogP contribution >= 0.6 is 0 Å². The van der Waals surface area contributed by atoms with E-state index in [-0.39, 0.29) is 15.8 Å². The van der Waals surface area contributed by atoms with E-state index in [1.165, 1.54) is 24.0 Å². The van der Waals surface area contributed by atoms with Crippen LogP contribution in [0.3, 0.4) is 0 Å². The minimum Gasteiger partial charge on any atom is -0.258 e. The molecular formula is C30H33NO2. The quantitative estimate of drug-likeness (QED) is 0.298. The van der Waals surface area contributed by atoms with Gasteiger partial charge in [0.1, 0.15) is 0 Å². The summed E-state index contributed by atoms with van der Waals surface area (Å²) in [4.78, 5) is 12.8. The van der Waals surface area contributed by atoms with E-state index in [1.54, 1.807) is 0 Å². The topological polar surface area (TPSA) is 43.1 Å². The number of hydrogen-bond acceptors (Lipinski definition) is 2. The molecule has 0 bridgehead atoms. The molecule has 0 unspecified atom stereocenters. The molecule has 3 heteroatoms. The van der Waals surface area contributed by atoms with Gasteiger partial charge in [-0.15, -0.1) is 0 Å². The van der Waals surface area contributed by atoms with Crippen LogP contribution in [0.5, 0.6) is 0 Å². The fourth-order valence-electron chi connectivity index (χ4n) is 6.76. The van der Waals surface area contributed by atoms with Gasteiger partial charge in [0.25, 0.3) is 5.69 Å². The zero-order valence-electron chi connectivity index (χ0n) is 19.3. The second-order valence-electron chi connectivity index (χ2n) is 9.98. The molecule has 33 heavy (non-hydrogen) atoms. The summed E-state index contributed by atoms with van der Waals surface area (Å²) in [6.45, 7) is 0. The first-order valence-electron chi connectivity index (χ1n) is 12.6. The zero-order chi connectivity index (χ0) is 22.7. The molecule has 0 heterocycles. The number of benzene rings is 3. The van der Waals surface area contributed by atoms with Gasteiger partial charge in [-0.25, -0.2) is 0 Å². The van der Waals surface area contributed by atoms with E-state index in [1.807, 2.05) is 12.1 Å². The van der Waals surface area contributed by atoms with E-state index in [9.17, 15) is 10.1 Å². The summed E-state index contributed by atoms with van der Waals surface area (Å²) in [7, 11) is 0. The molecule has 0 radical (unpaired) electrons. The van der Waals surface area contributed by atoms with Crippen molar-refractivity contribution >= 4 is 5.69 Å². The van der Waals surface area contributed by atoms with Crippen molar-refractivity contribution in [3.05, 3.63) is 111 Å². The Bertz CT molecular complexity index is 1010. The van der Waals surface area contributed by atoms with Gasteiger partial charge in [-0.2, -0.15) is 0 Å². The number of nitro benzene ring substituents is 1. The third-order valence-corrected chi connectivity index (χ3v) is 8.32. The molecule has 0 amide bonds. The van der Waals surface area contributed by atoms with Crippen LogP contribution in [0, 0.1) is 10.1 Å². The molecular weight excluding hydrogens is 406 g/mol. The summed E-state index contributed by atoms with van der Waals surface area (Å²) < 4.78 is 0. The van der Waals surface area contributed by atoms with E-state index in [4.69, 9.17) is 0 Å². The van der Waals surface area contributed by atoms with Crippen molar-refractivity contribution in [1.29, 1.82) is 0 Å². The molecule has 0 aromatic heterocycles. The highest BCUT2D eigenvalue weighted by Gasteiger charge is 2.46. The largest absolute Gasteiger partial charge is 0.277 e. The van der Waals surface area contributed by atoms with Crippen LogP contribution in [0.2, 0.25) is 0 Å². The molecule has 0 aliphatic heterocycles. The molecule has 0 atom stereocenters. The summed E-state index contributed by atoms with van der Waals surface area (Å²) in [5.41, 5.74) is 4.10. The lowest BCUT2D eigenvalue weighted by molar-refractivity contribution is -0.387. The van der Waals surface area contributed by atoms with Crippen molar-refractivity contribution in [3.8, 4) is 0 Å². The number of rotatable bonds is 5. The molecule has 3 aromatic carbocycles. The maximum absolute atomic E-state index is 12.9. The van der Waals surface area contributed by atoms with Crippen LogP contribution in [-0.2, 0) is 10.8 Å². The highest BCUT2D eigenvalue weighted by atomic mass is 16.6. The first-order chi connectivity index (χ1) is 16.2. The van der Waals surface area contributed by atoms with Crippen molar-refractivity contribution in [3.63, 3.8) is 0 Å². The molecule has 0 spiro atoms. The summed E-state index contributed by atoms with van der Waals surface area (Å²) in [6, 6.07) is 27.3. The van der Waals surface area contributed by atoms with Gasteiger partial charge in [-0.1, -0.05) is 117 Å². The van der Waals surface area contributed by atoms with Gasteiger partial charge in [0.05, 0.1) is 4.92 Å². The normalized spacial score (nSPS) is 19.6. The minimum atomic E-state index is -0.287. The smallest absolute Gasteiger partial charge is 0.258 e. The standard InChI is InChI=1S/C30H33NO2/c32-31(33)28-26(29(20-9-3-10-21-29)24-14-5-1-6-15-24)18-13-19-27(28)30(22-11-4-12-23-30)25-16-7-2-8-17-25/h1-2,5-8,13-19H,3-4,9-12,20-23H2. The van der Waals surface area contributed by atoms with Crippen molar-refractivity contribution in [2.45, 2.75) is 75.0 Å². The third kappa shape index (κ3) is 3.78. The van der Waals surface area contributed by atoms with Crippen LogP contribution in [-0.4, -0.2) is 4.92 Å². The summed E-state index contributed by atoms with van der Waals surface area (Å²) in [5, 5.41) is 12.9. The van der Waals surface area contributed by atoms with Crippen LogP contribution in [0.15, 0.2) is 78.9 Å². The lowest BCUT2D eigenvalue weighted by Gasteiger charge is -2.41. The maximum atomic E-state index is 12.9. The van der Waals surface area contributed by atoms with Crippen LogP contribution < -0.4 is 0 Å². The highest BCUT2D eigenvalue weighted by molar-refractivity contribution is 5.60. The second-order valence-corrected chi connectivity index (χ2v) is 9.98. The average molecular weight is 440 g/mol.